The molecule has 2 aromatic rings. The second-order valence-electron chi connectivity index (χ2n) is 4.46. The molecule has 1 heterocycles. The van der Waals surface area contributed by atoms with Crippen LogP contribution in [0.4, 0.5) is 5.82 Å². The van der Waals surface area contributed by atoms with Crippen molar-refractivity contribution in [1.82, 2.24) is 9.97 Å². The van der Waals surface area contributed by atoms with Crippen molar-refractivity contribution < 1.29 is 4.79 Å². The van der Waals surface area contributed by atoms with E-state index in [1.807, 2.05) is 30.3 Å². The zero-order valence-corrected chi connectivity index (χ0v) is 11.8. The number of amides is 1. The van der Waals surface area contributed by atoms with Crippen LogP contribution in [-0.2, 0) is 0 Å². The minimum absolute atomic E-state index is 0.0739. The summed E-state index contributed by atoms with van der Waals surface area (Å²) in [4.78, 5) is 19.1. The molecule has 5 nitrogen and oxygen atoms in total. The Kier molecular flexibility index (Phi) is 4.53. The summed E-state index contributed by atoms with van der Waals surface area (Å²) in [5.41, 5.74) is 6.71. The normalized spacial score (nSPS) is 11.9. The first-order chi connectivity index (χ1) is 9.58. The van der Waals surface area contributed by atoms with Gasteiger partial charge in [-0.05, 0) is 23.1 Å². The summed E-state index contributed by atoms with van der Waals surface area (Å²) in [5, 5.41) is 3.17. The number of nitrogens with zero attached hydrogens (tertiary/aromatic N) is 2. The van der Waals surface area contributed by atoms with Gasteiger partial charge in [-0.1, -0.05) is 37.3 Å². The van der Waals surface area contributed by atoms with Crippen LogP contribution in [0.3, 0.4) is 0 Å². The molecule has 0 aliphatic heterocycles. The highest BCUT2D eigenvalue weighted by atomic mass is 35.5. The second kappa shape index (κ2) is 6.34. The van der Waals surface area contributed by atoms with Crippen molar-refractivity contribution in [2.75, 3.05) is 11.9 Å². The average molecular weight is 291 g/mol. The topological polar surface area (TPSA) is 80.9 Å². The van der Waals surface area contributed by atoms with Gasteiger partial charge in [-0.3, -0.25) is 4.79 Å². The van der Waals surface area contributed by atoms with Crippen molar-refractivity contribution in [3.63, 3.8) is 0 Å². The Morgan fingerprint density at radius 1 is 1.40 bits per heavy atom. The van der Waals surface area contributed by atoms with E-state index in [1.54, 1.807) is 0 Å². The first-order valence-electron chi connectivity index (χ1n) is 6.19. The lowest BCUT2D eigenvalue weighted by Crippen LogP contribution is -2.18. The monoisotopic (exact) mass is 290 g/mol. The summed E-state index contributed by atoms with van der Waals surface area (Å²) in [6.07, 6.45) is 1.33. The molecule has 0 saturated heterocycles. The number of hydrogen-bond donors (Lipinski definition) is 2. The lowest BCUT2D eigenvalue weighted by Gasteiger charge is -2.14. The maximum absolute atomic E-state index is 11.3. The number of nitrogens with one attached hydrogen (secondary N) is 1. The smallest absolute Gasteiger partial charge is 0.254 e. The summed E-state index contributed by atoms with van der Waals surface area (Å²) in [7, 11) is 0. The van der Waals surface area contributed by atoms with Gasteiger partial charge in [-0.2, -0.15) is 4.98 Å². The molecule has 0 saturated carbocycles. The summed E-state index contributed by atoms with van der Waals surface area (Å²) in [6, 6.07) is 10.0. The van der Waals surface area contributed by atoms with Gasteiger partial charge in [-0.15, -0.1) is 0 Å². The number of hydrogen-bond acceptors (Lipinski definition) is 4. The van der Waals surface area contributed by atoms with Crippen molar-refractivity contribution in [3.8, 4) is 0 Å². The van der Waals surface area contributed by atoms with Gasteiger partial charge in [0.1, 0.15) is 5.82 Å². The van der Waals surface area contributed by atoms with Gasteiger partial charge in [0.15, 0.2) is 0 Å². The van der Waals surface area contributed by atoms with Crippen LogP contribution in [0.15, 0.2) is 36.5 Å². The fourth-order valence-electron chi connectivity index (χ4n) is 1.82. The molecular weight excluding hydrogens is 276 g/mol. The Balaban J connectivity index is 2.11. The number of nitrogens with two attached hydrogens (primary N) is 1. The summed E-state index contributed by atoms with van der Waals surface area (Å²) < 4.78 is 0. The summed E-state index contributed by atoms with van der Waals surface area (Å²) >= 11 is 5.74. The molecule has 0 radical (unpaired) electrons. The molecule has 1 unspecified atom stereocenters. The van der Waals surface area contributed by atoms with Gasteiger partial charge >= 0.3 is 0 Å². The third-order valence-electron chi connectivity index (χ3n) is 2.97. The molecule has 1 amide bonds. The molecule has 1 aromatic heterocycles. The highest BCUT2D eigenvalue weighted by molar-refractivity contribution is 6.28. The van der Waals surface area contributed by atoms with E-state index in [-0.39, 0.29) is 16.8 Å². The number of carbonyl (C=O) groups excluding carboxylic acids is 1. The number of anilines is 1. The molecule has 1 aromatic carbocycles. The van der Waals surface area contributed by atoms with Crippen LogP contribution in [0.1, 0.15) is 28.8 Å². The summed E-state index contributed by atoms with van der Waals surface area (Å²) in [6.45, 7) is 2.69. The van der Waals surface area contributed by atoms with Crippen molar-refractivity contribution in [3.05, 3.63) is 52.9 Å². The number of halogens is 1. The first kappa shape index (κ1) is 14.3. The Labute approximate surface area is 122 Å². The minimum atomic E-state index is -0.587. The van der Waals surface area contributed by atoms with Gasteiger partial charge in [0.05, 0.1) is 5.56 Å². The van der Waals surface area contributed by atoms with Gasteiger partial charge in [0.25, 0.3) is 5.91 Å². The number of primary amides is 1. The van der Waals surface area contributed by atoms with E-state index in [2.05, 4.69) is 22.2 Å². The number of aromatic nitrogens is 2. The Morgan fingerprint density at radius 3 is 2.75 bits per heavy atom. The molecule has 0 fully saturated rings. The quantitative estimate of drug-likeness (QED) is 0.829. The van der Waals surface area contributed by atoms with Gasteiger partial charge in [0, 0.05) is 12.7 Å². The van der Waals surface area contributed by atoms with Crippen LogP contribution in [0, 0.1) is 0 Å². The van der Waals surface area contributed by atoms with Crippen LogP contribution in [-0.4, -0.2) is 22.4 Å². The number of benzene rings is 1. The van der Waals surface area contributed by atoms with E-state index in [9.17, 15) is 4.79 Å². The maximum atomic E-state index is 11.3. The Morgan fingerprint density at radius 2 is 2.10 bits per heavy atom. The summed E-state index contributed by atoms with van der Waals surface area (Å²) in [5.74, 6) is 0.0301. The van der Waals surface area contributed by atoms with E-state index in [0.717, 1.165) is 0 Å². The highest BCUT2D eigenvalue weighted by Gasteiger charge is 2.12. The fraction of sp³-hybridized carbons (Fsp3) is 0.214. The largest absolute Gasteiger partial charge is 0.369 e. The van der Waals surface area contributed by atoms with Gasteiger partial charge in [-0.25, -0.2) is 4.98 Å². The third-order valence-corrected chi connectivity index (χ3v) is 3.15. The van der Waals surface area contributed by atoms with Crippen molar-refractivity contribution in [2.45, 2.75) is 12.8 Å². The lowest BCUT2D eigenvalue weighted by atomic mass is 10.0. The molecule has 104 valence electrons. The van der Waals surface area contributed by atoms with Crippen LogP contribution in [0.25, 0.3) is 0 Å². The van der Waals surface area contributed by atoms with E-state index >= 15 is 0 Å². The van der Waals surface area contributed by atoms with Crippen LogP contribution in [0.2, 0.25) is 5.28 Å². The first-order valence-corrected chi connectivity index (χ1v) is 6.57. The standard InChI is InChI=1S/C14H15ClN4O/c1-9(10-5-3-2-4-6-10)7-17-13-11(12(16)20)8-18-14(15)19-13/h2-6,8-9H,7H2,1H3,(H2,16,20)(H,17,18,19). The molecule has 0 bridgehead atoms. The molecule has 1 atom stereocenters. The van der Waals surface area contributed by atoms with Crippen molar-refractivity contribution >= 4 is 23.3 Å². The SMILES string of the molecule is CC(CNc1nc(Cl)ncc1C(N)=O)c1ccccc1. The number of carbonyl (C=O) groups is 1. The third kappa shape index (κ3) is 3.45. The maximum Gasteiger partial charge on any atom is 0.254 e. The highest BCUT2D eigenvalue weighted by Crippen LogP contribution is 2.18. The molecule has 0 spiro atoms. The molecule has 0 aliphatic carbocycles. The zero-order valence-electron chi connectivity index (χ0n) is 11.0. The van der Waals surface area contributed by atoms with Gasteiger partial charge in [0.2, 0.25) is 5.28 Å². The molecule has 2 rings (SSSR count). The van der Waals surface area contributed by atoms with Crippen LogP contribution >= 0.6 is 11.6 Å². The molecule has 20 heavy (non-hydrogen) atoms. The van der Waals surface area contributed by atoms with Crippen LogP contribution in [0.5, 0.6) is 0 Å². The van der Waals surface area contributed by atoms with Crippen LogP contribution < -0.4 is 11.1 Å². The van der Waals surface area contributed by atoms with Crippen molar-refractivity contribution in [2.24, 2.45) is 5.73 Å². The molecular formula is C14H15ClN4O. The van der Waals surface area contributed by atoms with Gasteiger partial charge < -0.3 is 11.1 Å². The van der Waals surface area contributed by atoms with Crippen molar-refractivity contribution in [1.29, 1.82) is 0 Å². The zero-order chi connectivity index (χ0) is 14.5. The van der Waals surface area contributed by atoms with E-state index in [0.29, 0.717) is 12.4 Å². The Bertz CT molecular complexity index is 603. The average Bonchev–Trinajstić information content (AvgIpc) is 2.45. The molecule has 0 aliphatic rings. The molecule has 6 heteroatoms. The van der Waals surface area contributed by atoms with E-state index in [4.69, 9.17) is 17.3 Å². The Hall–Kier alpha value is -2.14. The predicted molar refractivity (Wildman–Crippen MR) is 78.9 cm³/mol. The minimum Gasteiger partial charge on any atom is -0.369 e. The number of rotatable bonds is 5. The van der Waals surface area contributed by atoms with E-state index < -0.39 is 5.91 Å². The predicted octanol–water partition coefficient (Wildman–Crippen LogP) is 2.44. The second-order valence-corrected chi connectivity index (χ2v) is 4.80. The fourth-order valence-corrected chi connectivity index (χ4v) is 1.96. The molecule has 3 N–H and O–H groups in total. The van der Waals surface area contributed by atoms with E-state index in [1.165, 1.54) is 11.8 Å². The lowest BCUT2D eigenvalue weighted by molar-refractivity contribution is 0.100.